The number of carbonyl (C=O) groups is 1. The van der Waals surface area contributed by atoms with Gasteiger partial charge in [-0.1, -0.05) is 5.21 Å². The van der Waals surface area contributed by atoms with Gasteiger partial charge < -0.3 is 9.84 Å². The van der Waals surface area contributed by atoms with Crippen molar-refractivity contribution in [2.24, 2.45) is 0 Å². The van der Waals surface area contributed by atoms with Crippen LogP contribution in [0.15, 0.2) is 24.4 Å². The van der Waals surface area contributed by atoms with Crippen molar-refractivity contribution >= 4 is 5.97 Å². The van der Waals surface area contributed by atoms with E-state index >= 15 is 0 Å². The second kappa shape index (κ2) is 6.83. The fourth-order valence-electron chi connectivity index (χ4n) is 1.92. The number of carboxylic acid groups (broad SMARTS) is 1. The number of aromatic nitrogens is 3. The number of hydrogen-bond donors (Lipinski definition) is 1. The van der Waals surface area contributed by atoms with Crippen molar-refractivity contribution in [3.63, 3.8) is 0 Å². The van der Waals surface area contributed by atoms with Crippen LogP contribution in [0, 0.1) is 5.82 Å². The summed E-state index contributed by atoms with van der Waals surface area (Å²) in [6.45, 7) is 0. The number of hydrogen-bond acceptors (Lipinski definition) is 4. The number of carboxylic acids is 1. The van der Waals surface area contributed by atoms with Gasteiger partial charge in [0.2, 0.25) is 0 Å². The van der Waals surface area contributed by atoms with Crippen LogP contribution in [-0.4, -0.2) is 33.2 Å². The van der Waals surface area contributed by atoms with Crippen molar-refractivity contribution < 1.29 is 19.0 Å². The minimum atomic E-state index is -0.799. The summed E-state index contributed by atoms with van der Waals surface area (Å²) in [6.07, 6.45) is 3.83. The van der Waals surface area contributed by atoms with Crippen molar-refractivity contribution in [1.82, 2.24) is 15.0 Å². The second-order valence-corrected chi connectivity index (χ2v) is 4.57. The van der Waals surface area contributed by atoms with Gasteiger partial charge in [-0.2, -0.15) is 0 Å². The molecule has 0 spiro atoms. The average molecular weight is 293 g/mol. The van der Waals surface area contributed by atoms with Gasteiger partial charge in [0.1, 0.15) is 0 Å². The lowest BCUT2D eigenvalue weighted by Crippen LogP contribution is -1.97. The number of benzene rings is 1. The van der Waals surface area contributed by atoms with Crippen molar-refractivity contribution in [2.75, 3.05) is 7.11 Å². The highest BCUT2D eigenvalue weighted by Gasteiger charge is 2.07. The molecule has 0 saturated carbocycles. The summed E-state index contributed by atoms with van der Waals surface area (Å²) >= 11 is 0. The summed E-state index contributed by atoms with van der Waals surface area (Å²) in [5.41, 5.74) is 1.30. The molecule has 0 fully saturated rings. The predicted molar refractivity (Wildman–Crippen MR) is 73.1 cm³/mol. The zero-order valence-electron chi connectivity index (χ0n) is 11.6. The van der Waals surface area contributed by atoms with E-state index in [0.717, 1.165) is 12.1 Å². The molecule has 0 aliphatic carbocycles. The van der Waals surface area contributed by atoms with Gasteiger partial charge in [0.15, 0.2) is 11.6 Å². The summed E-state index contributed by atoms with van der Waals surface area (Å²) in [4.78, 5) is 10.4. The number of halogens is 1. The van der Waals surface area contributed by atoms with E-state index in [1.54, 1.807) is 12.3 Å². The zero-order valence-corrected chi connectivity index (χ0v) is 11.6. The van der Waals surface area contributed by atoms with E-state index in [0.29, 0.717) is 18.5 Å². The molecule has 2 aromatic rings. The molecular weight excluding hydrogens is 277 g/mol. The van der Waals surface area contributed by atoms with Gasteiger partial charge in [0.25, 0.3) is 0 Å². The van der Waals surface area contributed by atoms with E-state index in [1.807, 2.05) is 0 Å². The lowest BCUT2D eigenvalue weighted by molar-refractivity contribution is -0.137. The molecule has 2 rings (SSSR count). The number of aryl methyl sites for hydroxylation is 1. The first kappa shape index (κ1) is 15.0. The van der Waals surface area contributed by atoms with Crippen molar-refractivity contribution in [3.05, 3.63) is 35.9 Å². The molecule has 6 nitrogen and oxygen atoms in total. The average Bonchev–Trinajstić information content (AvgIpc) is 2.92. The minimum Gasteiger partial charge on any atom is -0.494 e. The molecule has 0 aliphatic heterocycles. The number of nitrogens with zero attached hydrogens (tertiary/aromatic N) is 3. The Morgan fingerprint density at radius 3 is 2.90 bits per heavy atom. The molecular formula is C14H16FN3O3. The summed E-state index contributed by atoms with van der Waals surface area (Å²) in [7, 11) is 1.41. The van der Waals surface area contributed by atoms with Crippen molar-refractivity contribution in [1.29, 1.82) is 0 Å². The molecule has 1 N–H and O–H groups in total. The molecule has 0 radical (unpaired) electrons. The standard InChI is InChI=1S/C14H16FN3O3/c1-21-13-7-6-11(8-12(13)15)18-9-10(16-17-18)4-2-3-5-14(19)20/h6-9H,2-5H2,1H3,(H,19,20). The Kier molecular flexibility index (Phi) is 4.86. The van der Waals surface area contributed by atoms with Crippen LogP contribution in [0.3, 0.4) is 0 Å². The molecule has 0 amide bonds. The Morgan fingerprint density at radius 2 is 2.24 bits per heavy atom. The Labute approximate surface area is 121 Å². The van der Waals surface area contributed by atoms with Crippen LogP contribution >= 0.6 is 0 Å². The molecule has 7 heteroatoms. The molecule has 1 heterocycles. The van der Waals surface area contributed by atoms with Crippen LogP contribution in [0.2, 0.25) is 0 Å². The fourth-order valence-corrected chi connectivity index (χ4v) is 1.92. The van der Waals surface area contributed by atoms with Gasteiger partial charge in [0.05, 0.1) is 24.7 Å². The Hall–Kier alpha value is -2.44. The smallest absolute Gasteiger partial charge is 0.303 e. The Morgan fingerprint density at radius 1 is 1.43 bits per heavy atom. The van der Waals surface area contributed by atoms with Crippen molar-refractivity contribution in [3.8, 4) is 11.4 Å². The Bertz CT molecular complexity index is 628. The number of unbranched alkanes of at least 4 members (excludes halogenated alkanes) is 1. The van der Waals surface area contributed by atoms with E-state index in [2.05, 4.69) is 10.3 Å². The molecule has 0 atom stereocenters. The SMILES string of the molecule is COc1ccc(-n2cc(CCCCC(=O)O)nn2)cc1F. The van der Waals surface area contributed by atoms with E-state index < -0.39 is 11.8 Å². The maximum absolute atomic E-state index is 13.6. The molecule has 21 heavy (non-hydrogen) atoms. The zero-order chi connectivity index (χ0) is 15.2. The number of methoxy groups -OCH3 is 1. The van der Waals surface area contributed by atoms with Gasteiger partial charge in [-0.3, -0.25) is 4.79 Å². The highest BCUT2D eigenvalue weighted by molar-refractivity contribution is 5.66. The largest absolute Gasteiger partial charge is 0.494 e. The van der Waals surface area contributed by atoms with Gasteiger partial charge in [-0.25, -0.2) is 9.07 Å². The highest BCUT2D eigenvalue weighted by atomic mass is 19.1. The van der Waals surface area contributed by atoms with Crippen LogP contribution in [-0.2, 0) is 11.2 Å². The molecule has 0 unspecified atom stereocenters. The third-order valence-electron chi connectivity index (χ3n) is 3.01. The molecule has 0 aliphatic rings. The molecule has 112 valence electrons. The number of ether oxygens (including phenoxy) is 1. The second-order valence-electron chi connectivity index (χ2n) is 4.57. The predicted octanol–water partition coefficient (Wildman–Crippen LogP) is 2.21. The number of rotatable bonds is 7. The van der Waals surface area contributed by atoms with Gasteiger partial charge in [-0.05, 0) is 31.4 Å². The van der Waals surface area contributed by atoms with E-state index in [9.17, 15) is 9.18 Å². The lowest BCUT2D eigenvalue weighted by atomic mass is 10.1. The van der Waals surface area contributed by atoms with Crippen LogP contribution in [0.1, 0.15) is 25.0 Å². The Balaban J connectivity index is 1.99. The quantitative estimate of drug-likeness (QED) is 0.792. The van der Waals surface area contributed by atoms with E-state index in [-0.39, 0.29) is 12.2 Å². The van der Waals surface area contributed by atoms with Crippen LogP contribution in [0.25, 0.3) is 5.69 Å². The maximum atomic E-state index is 13.6. The fraction of sp³-hybridized carbons (Fsp3) is 0.357. The van der Waals surface area contributed by atoms with E-state index in [4.69, 9.17) is 9.84 Å². The van der Waals surface area contributed by atoms with Gasteiger partial charge in [0, 0.05) is 12.5 Å². The topological polar surface area (TPSA) is 77.2 Å². The van der Waals surface area contributed by atoms with E-state index in [1.165, 1.54) is 23.9 Å². The summed E-state index contributed by atoms with van der Waals surface area (Å²) in [6, 6.07) is 4.53. The summed E-state index contributed by atoms with van der Waals surface area (Å²) < 4.78 is 20.0. The van der Waals surface area contributed by atoms with Gasteiger partial charge in [-0.15, -0.1) is 5.10 Å². The third-order valence-corrected chi connectivity index (χ3v) is 3.01. The first-order valence-electron chi connectivity index (χ1n) is 6.57. The maximum Gasteiger partial charge on any atom is 0.303 e. The molecule has 1 aromatic heterocycles. The minimum absolute atomic E-state index is 0.151. The number of aliphatic carboxylic acids is 1. The molecule has 1 aromatic carbocycles. The van der Waals surface area contributed by atoms with Crippen LogP contribution in [0.5, 0.6) is 5.75 Å². The lowest BCUT2D eigenvalue weighted by Gasteiger charge is -2.04. The van der Waals surface area contributed by atoms with Crippen LogP contribution in [0.4, 0.5) is 4.39 Å². The normalized spacial score (nSPS) is 10.6. The third kappa shape index (κ3) is 4.01. The summed E-state index contributed by atoms with van der Waals surface area (Å²) in [5.74, 6) is -1.09. The highest BCUT2D eigenvalue weighted by Crippen LogP contribution is 2.19. The molecule has 0 saturated heterocycles. The first-order valence-corrected chi connectivity index (χ1v) is 6.57. The van der Waals surface area contributed by atoms with Crippen molar-refractivity contribution in [2.45, 2.75) is 25.7 Å². The molecule has 0 bridgehead atoms. The first-order chi connectivity index (χ1) is 10.1. The van der Waals surface area contributed by atoms with Crippen LogP contribution < -0.4 is 4.74 Å². The van der Waals surface area contributed by atoms with Gasteiger partial charge >= 0.3 is 5.97 Å². The summed E-state index contributed by atoms with van der Waals surface area (Å²) in [5, 5.41) is 16.5. The monoisotopic (exact) mass is 293 g/mol.